The molecule has 1 aliphatic heterocycles. The van der Waals surface area contributed by atoms with Crippen molar-refractivity contribution in [3.63, 3.8) is 0 Å². The van der Waals surface area contributed by atoms with Gasteiger partial charge in [-0.1, -0.05) is 22.9 Å². The van der Waals surface area contributed by atoms with Crippen LogP contribution >= 0.6 is 15.9 Å². The fourth-order valence-corrected chi connectivity index (χ4v) is 2.51. The van der Waals surface area contributed by atoms with E-state index in [0.717, 1.165) is 10.9 Å². The average Bonchev–Trinajstić information content (AvgIpc) is 2.48. The minimum absolute atomic E-state index is 0.0456. The van der Waals surface area contributed by atoms with E-state index in [4.69, 9.17) is 0 Å². The minimum Gasteiger partial charge on any atom is -0.391 e. The zero-order valence-corrected chi connectivity index (χ0v) is 13.5. The lowest BCUT2D eigenvalue weighted by Crippen LogP contribution is -2.49. The van der Waals surface area contributed by atoms with Gasteiger partial charge in [0, 0.05) is 23.1 Å². The molecule has 0 spiro atoms. The summed E-state index contributed by atoms with van der Waals surface area (Å²) in [5.41, 5.74) is 0.512. The molecule has 2 amide bonds. The fraction of sp³-hybridized carbons (Fsp3) is 0.467. The van der Waals surface area contributed by atoms with Gasteiger partial charge in [0.05, 0.1) is 12.6 Å². The standard InChI is InChI=1S/C15H19BrN2O3/c1-10-6-7-18(9-13(10)19)14(20)8-17-15(21)11-2-4-12(16)5-3-11/h2-5,10,13,19H,6-9H2,1H3,(H,17,21). The Labute approximate surface area is 132 Å². The van der Waals surface area contributed by atoms with Crippen molar-refractivity contribution in [2.24, 2.45) is 5.92 Å². The SMILES string of the molecule is CC1CCN(C(=O)CNC(=O)c2ccc(Br)cc2)CC1O. The number of β-amino-alcohol motifs (C(OH)–C–C–N with tert-alkyl or cyclic N) is 1. The minimum atomic E-state index is -0.482. The van der Waals surface area contributed by atoms with Gasteiger partial charge in [-0.15, -0.1) is 0 Å². The molecule has 2 atom stereocenters. The van der Waals surface area contributed by atoms with Crippen molar-refractivity contribution in [3.8, 4) is 0 Å². The Morgan fingerprint density at radius 1 is 1.38 bits per heavy atom. The molecule has 1 heterocycles. The molecular weight excluding hydrogens is 336 g/mol. The smallest absolute Gasteiger partial charge is 0.251 e. The Kier molecular flexibility index (Phi) is 5.36. The van der Waals surface area contributed by atoms with Crippen LogP contribution in [0.5, 0.6) is 0 Å². The van der Waals surface area contributed by atoms with Crippen LogP contribution in [0.3, 0.4) is 0 Å². The number of benzene rings is 1. The maximum absolute atomic E-state index is 12.0. The van der Waals surface area contributed by atoms with E-state index >= 15 is 0 Å². The van der Waals surface area contributed by atoms with E-state index in [-0.39, 0.29) is 24.3 Å². The zero-order valence-electron chi connectivity index (χ0n) is 11.9. The highest BCUT2D eigenvalue weighted by atomic mass is 79.9. The number of nitrogens with zero attached hydrogens (tertiary/aromatic N) is 1. The van der Waals surface area contributed by atoms with E-state index in [9.17, 15) is 14.7 Å². The summed E-state index contributed by atoms with van der Waals surface area (Å²) in [5.74, 6) is -0.223. The first-order chi connectivity index (χ1) is 9.97. The van der Waals surface area contributed by atoms with Crippen molar-refractivity contribution in [2.45, 2.75) is 19.4 Å². The van der Waals surface area contributed by atoms with E-state index in [1.165, 1.54) is 0 Å². The van der Waals surface area contributed by atoms with Crippen LogP contribution < -0.4 is 5.32 Å². The molecule has 114 valence electrons. The molecule has 0 aromatic heterocycles. The summed E-state index contributed by atoms with van der Waals surface area (Å²) >= 11 is 3.30. The van der Waals surface area contributed by atoms with E-state index < -0.39 is 6.10 Å². The maximum Gasteiger partial charge on any atom is 0.251 e. The van der Waals surface area contributed by atoms with E-state index in [2.05, 4.69) is 21.2 Å². The highest BCUT2D eigenvalue weighted by molar-refractivity contribution is 9.10. The van der Waals surface area contributed by atoms with Crippen molar-refractivity contribution < 1.29 is 14.7 Å². The van der Waals surface area contributed by atoms with Gasteiger partial charge >= 0.3 is 0 Å². The van der Waals surface area contributed by atoms with E-state index in [0.29, 0.717) is 18.7 Å². The normalized spacial score (nSPS) is 22.0. The average molecular weight is 355 g/mol. The highest BCUT2D eigenvalue weighted by Gasteiger charge is 2.27. The maximum atomic E-state index is 12.0. The Balaban J connectivity index is 1.83. The molecule has 0 bridgehead atoms. The van der Waals surface area contributed by atoms with Crippen molar-refractivity contribution in [2.75, 3.05) is 19.6 Å². The third kappa shape index (κ3) is 4.28. The molecule has 0 aliphatic carbocycles. The van der Waals surface area contributed by atoms with Crippen LogP contribution in [-0.4, -0.2) is 47.6 Å². The number of amides is 2. The second-order valence-electron chi connectivity index (χ2n) is 5.36. The van der Waals surface area contributed by atoms with Crippen LogP contribution in [0.2, 0.25) is 0 Å². The number of hydrogen-bond acceptors (Lipinski definition) is 3. The number of carbonyl (C=O) groups excluding carboxylic acids is 2. The van der Waals surface area contributed by atoms with Crippen LogP contribution in [0.4, 0.5) is 0 Å². The summed E-state index contributed by atoms with van der Waals surface area (Å²) in [7, 11) is 0. The predicted octanol–water partition coefficient (Wildman–Crippen LogP) is 1.41. The molecule has 2 rings (SSSR count). The number of rotatable bonds is 3. The lowest BCUT2D eigenvalue weighted by molar-refractivity contribution is -0.134. The number of nitrogens with one attached hydrogen (secondary N) is 1. The molecule has 0 saturated carbocycles. The zero-order chi connectivity index (χ0) is 15.4. The molecule has 0 radical (unpaired) electrons. The quantitative estimate of drug-likeness (QED) is 0.862. The second kappa shape index (κ2) is 7.04. The third-order valence-corrected chi connectivity index (χ3v) is 4.31. The summed E-state index contributed by atoms with van der Waals surface area (Å²) in [4.78, 5) is 25.5. The van der Waals surface area contributed by atoms with Crippen LogP contribution in [0.15, 0.2) is 28.7 Å². The van der Waals surface area contributed by atoms with Gasteiger partial charge in [-0.2, -0.15) is 0 Å². The van der Waals surface area contributed by atoms with Gasteiger partial charge in [0.2, 0.25) is 5.91 Å². The summed E-state index contributed by atoms with van der Waals surface area (Å²) in [6.07, 6.45) is 0.304. The molecule has 21 heavy (non-hydrogen) atoms. The van der Waals surface area contributed by atoms with Crippen LogP contribution in [0, 0.1) is 5.92 Å². The van der Waals surface area contributed by atoms with Crippen molar-refractivity contribution >= 4 is 27.7 Å². The van der Waals surface area contributed by atoms with Crippen molar-refractivity contribution in [1.82, 2.24) is 10.2 Å². The summed E-state index contributed by atoms with van der Waals surface area (Å²) in [6, 6.07) is 6.94. The van der Waals surface area contributed by atoms with Gasteiger partial charge in [-0.25, -0.2) is 0 Å². The molecular formula is C15H19BrN2O3. The first-order valence-electron chi connectivity index (χ1n) is 6.97. The molecule has 1 aromatic carbocycles. The topological polar surface area (TPSA) is 69.6 Å². The first kappa shape index (κ1) is 16.0. The molecule has 1 aromatic rings. The molecule has 2 unspecified atom stereocenters. The molecule has 6 heteroatoms. The van der Waals surface area contributed by atoms with Gasteiger partial charge in [0.1, 0.15) is 0 Å². The number of aliphatic hydroxyl groups is 1. The third-order valence-electron chi connectivity index (χ3n) is 3.78. The lowest BCUT2D eigenvalue weighted by atomic mass is 9.96. The number of halogens is 1. The van der Waals surface area contributed by atoms with Gasteiger partial charge < -0.3 is 15.3 Å². The number of piperidine rings is 1. The molecule has 1 saturated heterocycles. The fourth-order valence-electron chi connectivity index (χ4n) is 2.25. The predicted molar refractivity (Wildman–Crippen MR) is 82.8 cm³/mol. The lowest BCUT2D eigenvalue weighted by Gasteiger charge is -2.34. The van der Waals surface area contributed by atoms with Crippen molar-refractivity contribution in [3.05, 3.63) is 34.3 Å². The van der Waals surface area contributed by atoms with Gasteiger partial charge in [-0.3, -0.25) is 9.59 Å². The largest absolute Gasteiger partial charge is 0.391 e. The summed E-state index contributed by atoms with van der Waals surface area (Å²) < 4.78 is 0.895. The van der Waals surface area contributed by atoms with Crippen LogP contribution in [0.1, 0.15) is 23.7 Å². The monoisotopic (exact) mass is 354 g/mol. The number of aliphatic hydroxyl groups excluding tert-OH is 1. The summed E-state index contributed by atoms with van der Waals surface area (Å²) in [5, 5.41) is 12.4. The Morgan fingerprint density at radius 2 is 2.05 bits per heavy atom. The second-order valence-corrected chi connectivity index (χ2v) is 6.28. The number of carbonyl (C=O) groups is 2. The molecule has 5 nitrogen and oxygen atoms in total. The van der Waals surface area contributed by atoms with Crippen molar-refractivity contribution in [1.29, 1.82) is 0 Å². The first-order valence-corrected chi connectivity index (χ1v) is 7.76. The number of hydrogen-bond donors (Lipinski definition) is 2. The van der Waals surface area contributed by atoms with Crippen LogP contribution in [-0.2, 0) is 4.79 Å². The number of likely N-dealkylation sites (tertiary alicyclic amines) is 1. The van der Waals surface area contributed by atoms with E-state index in [1.807, 2.05) is 6.92 Å². The summed E-state index contributed by atoms with van der Waals surface area (Å²) in [6.45, 7) is 2.90. The Bertz CT molecular complexity index is 518. The van der Waals surface area contributed by atoms with Gasteiger partial charge in [0.15, 0.2) is 0 Å². The van der Waals surface area contributed by atoms with E-state index in [1.54, 1.807) is 29.2 Å². The molecule has 1 aliphatic rings. The van der Waals surface area contributed by atoms with Gasteiger partial charge in [-0.05, 0) is 36.6 Å². The van der Waals surface area contributed by atoms with Gasteiger partial charge in [0.25, 0.3) is 5.91 Å². The van der Waals surface area contributed by atoms with Crippen LogP contribution in [0.25, 0.3) is 0 Å². The Hall–Kier alpha value is -1.40. The molecule has 1 fully saturated rings. The molecule has 2 N–H and O–H groups in total. The highest BCUT2D eigenvalue weighted by Crippen LogP contribution is 2.16. The Morgan fingerprint density at radius 3 is 2.67 bits per heavy atom.